The summed E-state index contributed by atoms with van der Waals surface area (Å²) in [6, 6.07) is 13.9. The van der Waals surface area contributed by atoms with Gasteiger partial charge in [0.05, 0.1) is 17.6 Å². The molecule has 5 nitrogen and oxygen atoms in total. The van der Waals surface area contributed by atoms with Gasteiger partial charge in [-0.15, -0.1) is 0 Å². The van der Waals surface area contributed by atoms with Crippen LogP contribution in [0.3, 0.4) is 0 Å². The van der Waals surface area contributed by atoms with Gasteiger partial charge >= 0.3 is 6.18 Å². The van der Waals surface area contributed by atoms with Crippen molar-refractivity contribution in [1.82, 2.24) is 0 Å². The zero-order chi connectivity index (χ0) is 23.1. The van der Waals surface area contributed by atoms with Crippen LogP contribution >= 0.6 is 0 Å². The molecule has 3 aromatic carbocycles. The Kier molecular flexibility index (Phi) is 5.34. The van der Waals surface area contributed by atoms with E-state index in [0.717, 1.165) is 12.1 Å². The summed E-state index contributed by atoms with van der Waals surface area (Å²) in [7, 11) is 0. The predicted molar refractivity (Wildman–Crippen MR) is 112 cm³/mol. The maximum absolute atomic E-state index is 13.5. The Balaban J connectivity index is 1.70. The van der Waals surface area contributed by atoms with Crippen LogP contribution in [0.15, 0.2) is 60.7 Å². The molecule has 4 rings (SSSR count). The summed E-state index contributed by atoms with van der Waals surface area (Å²) in [5, 5.41) is 31.2. The lowest BCUT2D eigenvalue weighted by atomic mass is 9.94. The van der Waals surface area contributed by atoms with Crippen molar-refractivity contribution in [1.29, 1.82) is 0 Å². The number of phenols is 2. The topological polar surface area (TPSA) is 89.8 Å². The van der Waals surface area contributed by atoms with Crippen LogP contribution in [0.25, 0.3) is 11.1 Å². The molecule has 1 fully saturated rings. The molecule has 0 spiro atoms. The minimum Gasteiger partial charge on any atom is -0.504 e. The van der Waals surface area contributed by atoms with Crippen LogP contribution in [0.2, 0.25) is 0 Å². The highest BCUT2D eigenvalue weighted by Crippen LogP contribution is 2.50. The van der Waals surface area contributed by atoms with Crippen LogP contribution < -0.4 is 5.32 Å². The van der Waals surface area contributed by atoms with E-state index in [1.165, 1.54) is 24.3 Å². The Bertz CT molecular complexity index is 1190. The summed E-state index contributed by atoms with van der Waals surface area (Å²) in [5.41, 5.74) is -0.144. The van der Waals surface area contributed by atoms with Crippen molar-refractivity contribution < 1.29 is 33.3 Å². The third-order valence-electron chi connectivity index (χ3n) is 5.67. The highest BCUT2D eigenvalue weighted by molar-refractivity contribution is 6.02. The van der Waals surface area contributed by atoms with Crippen molar-refractivity contribution >= 4 is 11.6 Å². The van der Waals surface area contributed by atoms with Crippen molar-refractivity contribution in [2.45, 2.75) is 31.0 Å². The number of carbonyl (C=O) groups excluding carboxylic acids is 1. The first-order valence-corrected chi connectivity index (χ1v) is 9.89. The molecule has 0 atom stereocenters. The van der Waals surface area contributed by atoms with Crippen LogP contribution in [-0.4, -0.2) is 21.2 Å². The van der Waals surface area contributed by atoms with Gasteiger partial charge in [-0.3, -0.25) is 4.79 Å². The van der Waals surface area contributed by atoms with Crippen LogP contribution in [0, 0.1) is 0 Å². The third kappa shape index (κ3) is 4.13. The van der Waals surface area contributed by atoms with Gasteiger partial charge in [-0.1, -0.05) is 24.3 Å². The van der Waals surface area contributed by atoms with E-state index in [1.54, 1.807) is 24.3 Å². The fourth-order valence-electron chi connectivity index (χ4n) is 3.72. The van der Waals surface area contributed by atoms with E-state index >= 15 is 0 Å². The first-order valence-electron chi connectivity index (χ1n) is 9.89. The number of carbonyl (C=O) groups is 1. The number of halogens is 3. The molecule has 0 aromatic heterocycles. The van der Waals surface area contributed by atoms with Gasteiger partial charge in [0.25, 0.3) is 0 Å². The minimum absolute atomic E-state index is 0.0106. The van der Waals surface area contributed by atoms with Crippen molar-refractivity contribution in [3.8, 4) is 22.6 Å². The second-order valence-electron chi connectivity index (χ2n) is 7.90. The van der Waals surface area contributed by atoms with Crippen molar-refractivity contribution in [3.05, 3.63) is 77.4 Å². The van der Waals surface area contributed by atoms with Gasteiger partial charge in [0.15, 0.2) is 11.5 Å². The van der Waals surface area contributed by atoms with Gasteiger partial charge in [0, 0.05) is 5.69 Å². The highest BCUT2D eigenvalue weighted by Gasteiger charge is 2.51. The van der Waals surface area contributed by atoms with Gasteiger partial charge in [-0.2, -0.15) is 13.2 Å². The number of aliphatic hydroxyl groups excluding tert-OH is 1. The SMILES string of the molecule is O=C(Nc1cc(-c2cccc(CO)c2)cc(C(F)(F)F)c1)C1(c2ccc(O)c(O)c2)CC1. The first-order chi connectivity index (χ1) is 15.1. The number of hydrogen-bond donors (Lipinski definition) is 4. The number of rotatable bonds is 5. The Hall–Kier alpha value is -3.52. The van der Waals surface area contributed by atoms with E-state index in [2.05, 4.69) is 5.32 Å². The number of benzene rings is 3. The lowest BCUT2D eigenvalue weighted by molar-refractivity contribution is -0.137. The maximum Gasteiger partial charge on any atom is 0.416 e. The Labute approximate surface area is 181 Å². The van der Waals surface area contributed by atoms with Crippen LogP contribution in [-0.2, 0) is 23.0 Å². The normalized spacial score (nSPS) is 14.8. The number of hydrogen-bond acceptors (Lipinski definition) is 4. The Morgan fingerprint density at radius 3 is 2.31 bits per heavy atom. The molecule has 1 aliphatic rings. The summed E-state index contributed by atoms with van der Waals surface area (Å²) < 4.78 is 40.6. The summed E-state index contributed by atoms with van der Waals surface area (Å²) in [6.07, 6.45) is -3.69. The molecule has 0 aliphatic heterocycles. The quantitative estimate of drug-likeness (QED) is 0.420. The highest BCUT2D eigenvalue weighted by atomic mass is 19.4. The average Bonchev–Trinajstić information content (AvgIpc) is 3.57. The van der Waals surface area contributed by atoms with Crippen LogP contribution in [0.1, 0.15) is 29.5 Å². The Morgan fingerprint density at radius 1 is 0.938 bits per heavy atom. The molecular formula is C24H20F3NO4. The van der Waals surface area contributed by atoms with Crippen molar-refractivity contribution in [2.24, 2.45) is 0 Å². The summed E-state index contributed by atoms with van der Waals surface area (Å²) in [5.74, 6) is -1.18. The monoisotopic (exact) mass is 443 g/mol. The van der Waals surface area contributed by atoms with Gasteiger partial charge in [0.1, 0.15) is 0 Å². The van der Waals surface area contributed by atoms with Crippen molar-refractivity contribution in [3.63, 3.8) is 0 Å². The predicted octanol–water partition coefficient (Wildman–Crippen LogP) is 4.95. The van der Waals surface area contributed by atoms with Gasteiger partial charge in [-0.05, 0) is 71.5 Å². The van der Waals surface area contributed by atoms with Gasteiger partial charge in [-0.25, -0.2) is 0 Å². The van der Waals surface area contributed by atoms with Crippen LogP contribution in [0.4, 0.5) is 18.9 Å². The van der Waals surface area contributed by atoms with Crippen molar-refractivity contribution in [2.75, 3.05) is 5.32 Å². The smallest absolute Gasteiger partial charge is 0.416 e. The number of aromatic hydroxyl groups is 2. The van der Waals surface area contributed by atoms with E-state index < -0.39 is 23.1 Å². The molecule has 1 amide bonds. The molecule has 3 aromatic rings. The molecule has 0 heterocycles. The van der Waals surface area contributed by atoms with E-state index in [9.17, 15) is 33.3 Å². The molecule has 0 saturated heterocycles. The fraction of sp³-hybridized carbons (Fsp3) is 0.208. The fourth-order valence-corrected chi connectivity index (χ4v) is 3.72. The lowest BCUT2D eigenvalue weighted by Crippen LogP contribution is -2.28. The zero-order valence-corrected chi connectivity index (χ0v) is 16.8. The van der Waals surface area contributed by atoms with Crippen LogP contribution in [0.5, 0.6) is 11.5 Å². The third-order valence-corrected chi connectivity index (χ3v) is 5.67. The molecule has 4 N–H and O–H groups in total. The second kappa shape index (κ2) is 7.87. The molecule has 32 heavy (non-hydrogen) atoms. The molecule has 8 heteroatoms. The molecule has 1 aliphatic carbocycles. The first kappa shape index (κ1) is 21.7. The average molecular weight is 443 g/mol. The number of amides is 1. The molecular weight excluding hydrogens is 423 g/mol. The van der Waals surface area contributed by atoms with E-state index in [-0.39, 0.29) is 29.4 Å². The molecule has 1 saturated carbocycles. The number of aliphatic hydroxyl groups is 1. The lowest BCUT2D eigenvalue weighted by Gasteiger charge is -2.18. The second-order valence-corrected chi connectivity index (χ2v) is 7.90. The number of nitrogens with one attached hydrogen (secondary N) is 1. The minimum atomic E-state index is -4.62. The van der Waals surface area contributed by atoms with E-state index in [4.69, 9.17) is 0 Å². The van der Waals surface area contributed by atoms with E-state index in [1.807, 2.05) is 0 Å². The van der Waals surface area contributed by atoms with Gasteiger partial charge in [0.2, 0.25) is 5.91 Å². The summed E-state index contributed by atoms with van der Waals surface area (Å²) in [4.78, 5) is 13.0. The number of alkyl halides is 3. The summed E-state index contributed by atoms with van der Waals surface area (Å²) in [6.45, 7) is -0.252. The largest absolute Gasteiger partial charge is 0.504 e. The maximum atomic E-state index is 13.5. The van der Waals surface area contributed by atoms with E-state index in [0.29, 0.717) is 29.5 Å². The zero-order valence-electron chi connectivity index (χ0n) is 16.8. The van der Waals surface area contributed by atoms with Gasteiger partial charge < -0.3 is 20.6 Å². The summed E-state index contributed by atoms with van der Waals surface area (Å²) >= 11 is 0. The Morgan fingerprint density at radius 2 is 1.69 bits per heavy atom. The molecule has 0 bridgehead atoms. The number of phenolic OH excluding ortho intramolecular Hbond substituents is 2. The molecule has 0 radical (unpaired) electrons. The number of anilines is 1. The molecule has 166 valence electrons. The standard InChI is InChI=1S/C24H20F3NO4/c25-24(26,27)18-9-16(15-3-1-2-14(8-15)13-29)10-19(11-18)28-22(32)23(6-7-23)17-4-5-20(30)21(31)12-17/h1-5,8-12,29-31H,6-7,13H2,(H,28,32). The molecule has 0 unspecified atom stereocenters.